The van der Waals surface area contributed by atoms with Gasteiger partial charge in [0.25, 0.3) is 0 Å². The van der Waals surface area contributed by atoms with Crippen LogP contribution >= 0.6 is 0 Å². The summed E-state index contributed by atoms with van der Waals surface area (Å²) < 4.78 is 7.22. The number of aryl methyl sites for hydroxylation is 2. The summed E-state index contributed by atoms with van der Waals surface area (Å²) in [6.45, 7) is 2.02. The lowest BCUT2D eigenvalue weighted by molar-refractivity contribution is 0.412. The van der Waals surface area contributed by atoms with Gasteiger partial charge in [-0.25, -0.2) is 4.98 Å². The molecule has 0 saturated heterocycles. The smallest absolute Gasteiger partial charge is 0.124 e. The zero-order chi connectivity index (χ0) is 9.42. The molecule has 3 nitrogen and oxygen atoms in total. The van der Waals surface area contributed by atoms with E-state index in [9.17, 15) is 0 Å². The Balaban J connectivity index is 2.77. The van der Waals surface area contributed by atoms with Gasteiger partial charge in [0.2, 0.25) is 0 Å². The standard InChI is InChI=1S/C10H12N2O/c1-7-4-8-9(5-10(7)13-3)12(2)6-11-8/h4-6H,1-3H3. The molecule has 0 aliphatic carbocycles. The van der Waals surface area contributed by atoms with E-state index in [1.807, 2.05) is 37.0 Å². The molecular formula is C10H12N2O. The SMILES string of the molecule is COc1cc2c(cc1C)ncn2C. The number of aromatic nitrogens is 2. The van der Waals surface area contributed by atoms with Gasteiger partial charge >= 0.3 is 0 Å². The summed E-state index contributed by atoms with van der Waals surface area (Å²) in [7, 11) is 3.66. The minimum Gasteiger partial charge on any atom is -0.496 e. The van der Waals surface area contributed by atoms with Gasteiger partial charge in [-0.3, -0.25) is 0 Å². The van der Waals surface area contributed by atoms with Crippen LogP contribution in [0.3, 0.4) is 0 Å². The fourth-order valence-corrected chi connectivity index (χ4v) is 1.48. The molecule has 1 aromatic heterocycles. The summed E-state index contributed by atoms with van der Waals surface area (Å²) in [6, 6.07) is 4.05. The zero-order valence-corrected chi connectivity index (χ0v) is 8.03. The Bertz CT molecular complexity index is 445. The van der Waals surface area contributed by atoms with Gasteiger partial charge in [-0.15, -0.1) is 0 Å². The van der Waals surface area contributed by atoms with E-state index in [1.54, 1.807) is 7.11 Å². The highest BCUT2D eigenvalue weighted by atomic mass is 16.5. The Kier molecular flexibility index (Phi) is 1.72. The monoisotopic (exact) mass is 176 g/mol. The Hall–Kier alpha value is -1.51. The molecule has 0 unspecified atom stereocenters. The number of ether oxygens (including phenoxy) is 1. The second-order valence-corrected chi connectivity index (χ2v) is 3.17. The van der Waals surface area contributed by atoms with Crippen molar-refractivity contribution in [3.63, 3.8) is 0 Å². The van der Waals surface area contributed by atoms with Crippen molar-refractivity contribution in [3.8, 4) is 5.75 Å². The number of imidazole rings is 1. The van der Waals surface area contributed by atoms with Crippen molar-refractivity contribution < 1.29 is 4.74 Å². The van der Waals surface area contributed by atoms with Crippen LogP contribution in [0, 0.1) is 6.92 Å². The maximum atomic E-state index is 5.24. The van der Waals surface area contributed by atoms with Gasteiger partial charge in [0.05, 0.1) is 24.5 Å². The average Bonchev–Trinajstić information content (AvgIpc) is 2.46. The summed E-state index contributed by atoms with van der Waals surface area (Å²) in [4.78, 5) is 4.26. The van der Waals surface area contributed by atoms with Crippen molar-refractivity contribution in [2.75, 3.05) is 7.11 Å². The minimum absolute atomic E-state index is 0.913. The third-order valence-corrected chi connectivity index (χ3v) is 2.24. The molecule has 2 rings (SSSR count). The van der Waals surface area contributed by atoms with Crippen LogP contribution in [0.25, 0.3) is 11.0 Å². The molecule has 0 fully saturated rings. The quantitative estimate of drug-likeness (QED) is 0.663. The number of benzene rings is 1. The van der Waals surface area contributed by atoms with Crippen molar-refractivity contribution in [1.82, 2.24) is 9.55 Å². The van der Waals surface area contributed by atoms with Crippen LogP contribution < -0.4 is 4.74 Å². The van der Waals surface area contributed by atoms with E-state index in [1.165, 1.54) is 0 Å². The van der Waals surface area contributed by atoms with E-state index in [0.717, 1.165) is 22.3 Å². The minimum atomic E-state index is 0.913. The maximum Gasteiger partial charge on any atom is 0.124 e. The predicted octanol–water partition coefficient (Wildman–Crippen LogP) is 1.89. The predicted molar refractivity (Wildman–Crippen MR) is 52.0 cm³/mol. The normalized spacial score (nSPS) is 10.7. The van der Waals surface area contributed by atoms with Crippen LogP contribution in [0.5, 0.6) is 5.75 Å². The van der Waals surface area contributed by atoms with E-state index >= 15 is 0 Å². The molecule has 3 heteroatoms. The number of hydrogen-bond acceptors (Lipinski definition) is 2. The van der Waals surface area contributed by atoms with Crippen molar-refractivity contribution in [1.29, 1.82) is 0 Å². The molecule has 0 spiro atoms. The van der Waals surface area contributed by atoms with Crippen LogP contribution in [0.1, 0.15) is 5.56 Å². The largest absolute Gasteiger partial charge is 0.496 e. The Morgan fingerprint density at radius 3 is 2.85 bits per heavy atom. The Labute approximate surface area is 77.0 Å². The van der Waals surface area contributed by atoms with Crippen molar-refractivity contribution in [2.24, 2.45) is 7.05 Å². The molecule has 0 saturated carbocycles. The summed E-state index contributed by atoms with van der Waals surface area (Å²) in [5, 5.41) is 0. The number of nitrogens with zero attached hydrogens (tertiary/aromatic N) is 2. The molecule has 2 aromatic rings. The molecule has 0 aliphatic rings. The fraction of sp³-hybridized carbons (Fsp3) is 0.300. The Morgan fingerprint density at radius 2 is 2.15 bits per heavy atom. The van der Waals surface area contributed by atoms with E-state index in [4.69, 9.17) is 4.74 Å². The third kappa shape index (κ3) is 1.16. The van der Waals surface area contributed by atoms with Crippen LogP contribution in [0.2, 0.25) is 0 Å². The lowest BCUT2D eigenvalue weighted by Gasteiger charge is -2.04. The average molecular weight is 176 g/mol. The van der Waals surface area contributed by atoms with E-state index in [2.05, 4.69) is 4.98 Å². The molecule has 1 aromatic carbocycles. The molecule has 0 bridgehead atoms. The summed E-state index contributed by atoms with van der Waals surface area (Å²) in [6.07, 6.45) is 1.81. The van der Waals surface area contributed by atoms with E-state index in [0.29, 0.717) is 0 Å². The van der Waals surface area contributed by atoms with Gasteiger partial charge in [0.15, 0.2) is 0 Å². The first-order valence-electron chi connectivity index (χ1n) is 4.18. The van der Waals surface area contributed by atoms with Crippen LogP contribution in [-0.2, 0) is 7.05 Å². The van der Waals surface area contributed by atoms with Gasteiger partial charge in [-0.05, 0) is 18.6 Å². The zero-order valence-electron chi connectivity index (χ0n) is 8.03. The molecule has 13 heavy (non-hydrogen) atoms. The second-order valence-electron chi connectivity index (χ2n) is 3.17. The molecule has 0 atom stereocenters. The third-order valence-electron chi connectivity index (χ3n) is 2.24. The first-order chi connectivity index (χ1) is 6.22. The molecule has 68 valence electrons. The van der Waals surface area contributed by atoms with E-state index in [-0.39, 0.29) is 0 Å². The Morgan fingerprint density at radius 1 is 1.38 bits per heavy atom. The maximum absolute atomic E-state index is 5.24. The molecule has 1 heterocycles. The highest BCUT2D eigenvalue weighted by molar-refractivity contribution is 5.78. The van der Waals surface area contributed by atoms with Gasteiger partial charge in [-0.1, -0.05) is 0 Å². The first kappa shape index (κ1) is 8.10. The first-order valence-corrected chi connectivity index (χ1v) is 4.18. The van der Waals surface area contributed by atoms with Crippen LogP contribution in [0.4, 0.5) is 0 Å². The van der Waals surface area contributed by atoms with Gasteiger partial charge in [0.1, 0.15) is 5.75 Å². The lowest BCUT2D eigenvalue weighted by atomic mass is 10.2. The summed E-state index contributed by atoms with van der Waals surface area (Å²) >= 11 is 0. The number of fused-ring (bicyclic) bond motifs is 1. The van der Waals surface area contributed by atoms with E-state index < -0.39 is 0 Å². The highest BCUT2D eigenvalue weighted by Crippen LogP contribution is 2.23. The molecule has 0 amide bonds. The van der Waals surface area contributed by atoms with Crippen molar-refractivity contribution in [3.05, 3.63) is 24.0 Å². The topological polar surface area (TPSA) is 27.1 Å². The van der Waals surface area contributed by atoms with Gasteiger partial charge in [0, 0.05) is 13.1 Å². The molecule has 0 radical (unpaired) electrons. The van der Waals surface area contributed by atoms with Crippen molar-refractivity contribution >= 4 is 11.0 Å². The fourth-order valence-electron chi connectivity index (χ4n) is 1.48. The van der Waals surface area contributed by atoms with Gasteiger partial charge < -0.3 is 9.30 Å². The number of rotatable bonds is 1. The van der Waals surface area contributed by atoms with Gasteiger partial charge in [-0.2, -0.15) is 0 Å². The molecular weight excluding hydrogens is 164 g/mol. The molecule has 0 N–H and O–H groups in total. The lowest BCUT2D eigenvalue weighted by Crippen LogP contribution is -1.89. The number of hydrogen-bond donors (Lipinski definition) is 0. The van der Waals surface area contributed by atoms with Crippen molar-refractivity contribution in [2.45, 2.75) is 6.92 Å². The van der Waals surface area contributed by atoms with Crippen LogP contribution in [-0.4, -0.2) is 16.7 Å². The number of methoxy groups -OCH3 is 1. The van der Waals surface area contributed by atoms with Crippen LogP contribution in [0.15, 0.2) is 18.5 Å². The summed E-state index contributed by atoms with van der Waals surface area (Å²) in [5.41, 5.74) is 3.23. The second kappa shape index (κ2) is 2.76. The highest BCUT2D eigenvalue weighted by Gasteiger charge is 2.04. The molecule has 0 aliphatic heterocycles. The summed E-state index contributed by atoms with van der Waals surface area (Å²) in [5.74, 6) is 0.913.